The van der Waals surface area contributed by atoms with Crippen molar-refractivity contribution in [1.82, 2.24) is 9.88 Å². The van der Waals surface area contributed by atoms with Crippen molar-refractivity contribution in [2.45, 2.75) is 31.2 Å². The normalized spacial score (nSPS) is 11.6. The van der Waals surface area contributed by atoms with Gasteiger partial charge in [-0.15, -0.1) is 0 Å². The van der Waals surface area contributed by atoms with Crippen molar-refractivity contribution in [1.29, 1.82) is 0 Å². The minimum atomic E-state index is -4.11. The third-order valence-corrected chi connectivity index (χ3v) is 6.78. The molecule has 8 nitrogen and oxygen atoms in total. The van der Waals surface area contributed by atoms with Crippen LogP contribution in [0.15, 0.2) is 76.2 Å². The molecule has 0 N–H and O–H groups in total. The first kappa shape index (κ1) is 25.5. The van der Waals surface area contributed by atoms with Crippen molar-refractivity contribution in [2.24, 2.45) is 0 Å². The van der Waals surface area contributed by atoms with Gasteiger partial charge in [0.05, 0.1) is 19.0 Å². The predicted molar refractivity (Wildman–Crippen MR) is 134 cm³/mol. The maximum absolute atomic E-state index is 13.6. The van der Waals surface area contributed by atoms with Crippen molar-refractivity contribution in [3.05, 3.63) is 71.3 Å². The molecule has 0 bridgehead atoms. The predicted octanol–water partition coefficient (Wildman–Crippen LogP) is 5.61. The van der Waals surface area contributed by atoms with Gasteiger partial charge >= 0.3 is 16.1 Å². The Morgan fingerprint density at radius 1 is 1.03 bits per heavy atom. The number of para-hydroxylation sites is 1. The molecule has 0 saturated carbocycles. The van der Waals surface area contributed by atoms with Gasteiger partial charge in [0.2, 0.25) is 0 Å². The Morgan fingerprint density at radius 2 is 1.71 bits per heavy atom. The van der Waals surface area contributed by atoms with Crippen LogP contribution in [0.3, 0.4) is 0 Å². The fraction of sp³-hybridized carbons (Fsp3) is 0.250. The summed E-state index contributed by atoms with van der Waals surface area (Å²) >= 11 is 3.41. The number of carbonyl (C=O) groups excluding carboxylic acids is 1. The van der Waals surface area contributed by atoms with Gasteiger partial charge in [-0.2, -0.15) is 8.42 Å². The number of halogens is 1. The molecule has 180 valence electrons. The van der Waals surface area contributed by atoms with Crippen LogP contribution in [0, 0.1) is 0 Å². The summed E-state index contributed by atoms with van der Waals surface area (Å²) in [6.45, 7) is 5.73. The summed E-state index contributed by atoms with van der Waals surface area (Å²) in [7, 11) is -0.913. The highest BCUT2D eigenvalue weighted by molar-refractivity contribution is 9.10. The number of hydrogen-bond acceptors (Lipinski definition) is 6. The van der Waals surface area contributed by atoms with Gasteiger partial charge in [0, 0.05) is 17.1 Å². The number of benzene rings is 2. The van der Waals surface area contributed by atoms with Crippen LogP contribution in [0.4, 0.5) is 16.3 Å². The maximum Gasteiger partial charge on any atom is 0.340 e. The highest BCUT2D eigenvalue weighted by Crippen LogP contribution is 2.37. The number of nitrogens with zero attached hydrogens (tertiary/aromatic N) is 3. The van der Waals surface area contributed by atoms with Crippen molar-refractivity contribution in [2.75, 3.05) is 19.1 Å². The molecule has 3 rings (SSSR count). The lowest BCUT2D eigenvalue weighted by atomic mass is 10.1. The highest BCUT2D eigenvalue weighted by atomic mass is 79.9. The highest BCUT2D eigenvalue weighted by Gasteiger charge is 2.31. The molecule has 0 aliphatic rings. The molecule has 0 unspecified atom stereocenters. The molecule has 10 heteroatoms. The summed E-state index contributed by atoms with van der Waals surface area (Å²) in [5.74, 6) is 0.853. The van der Waals surface area contributed by atoms with Gasteiger partial charge < -0.3 is 13.8 Å². The molecule has 0 saturated heterocycles. The molecule has 1 heterocycles. The second-order valence-electron chi connectivity index (χ2n) is 8.37. The van der Waals surface area contributed by atoms with E-state index in [-0.39, 0.29) is 22.5 Å². The quantitative estimate of drug-likeness (QED) is 0.372. The van der Waals surface area contributed by atoms with Crippen molar-refractivity contribution >= 4 is 43.6 Å². The number of urea groups is 1. The molecular weight excluding hydrogens is 522 g/mol. The Balaban J connectivity index is 2.04. The molecule has 0 aliphatic heterocycles. The largest absolute Gasteiger partial charge is 0.495 e. The molecule has 2 amide bonds. The minimum Gasteiger partial charge on any atom is -0.495 e. The zero-order chi connectivity index (χ0) is 25.1. The standard InChI is InChI=1S/C24H26BrN3O5S/c1-24(2,3)27(4)23(29)28(20-13-11-17(25)15-21(20)32-5)22-14-12-19(16-26-22)34(30,31)33-18-9-7-6-8-10-18/h6-16H,1-5H3. The van der Waals surface area contributed by atoms with Crippen LogP contribution in [-0.2, 0) is 10.1 Å². The van der Waals surface area contributed by atoms with Crippen LogP contribution in [0.2, 0.25) is 0 Å². The number of ether oxygens (including phenoxy) is 1. The Hall–Kier alpha value is -3.11. The van der Waals surface area contributed by atoms with Crippen LogP contribution in [-0.4, -0.2) is 44.0 Å². The average Bonchev–Trinajstić information content (AvgIpc) is 2.79. The molecular formula is C24H26BrN3O5S. The monoisotopic (exact) mass is 547 g/mol. The van der Waals surface area contributed by atoms with Crippen molar-refractivity contribution in [3.63, 3.8) is 0 Å². The van der Waals surface area contributed by atoms with E-state index in [1.807, 2.05) is 20.8 Å². The zero-order valence-electron chi connectivity index (χ0n) is 19.5. The number of rotatable bonds is 6. The third-order valence-electron chi connectivity index (χ3n) is 5.05. The second-order valence-corrected chi connectivity index (χ2v) is 10.8. The fourth-order valence-corrected chi connectivity index (χ4v) is 4.12. The number of methoxy groups -OCH3 is 1. The molecule has 0 spiro atoms. The van der Waals surface area contributed by atoms with Crippen LogP contribution in [0.1, 0.15) is 20.8 Å². The summed E-state index contributed by atoms with van der Waals surface area (Å²) in [4.78, 5) is 20.7. The van der Waals surface area contributed by atoms with Gasteiger partial charge in [-0.1, -0.05) is 34.1 Å². The van der Waals surface area contributed by atoms with E-state index in [4.69, 9.17) is 8.92 Å². The van der Waals surface area contributed by atoms with Gasteiger partial charge in [-0.3, -0.25) is 0 Å². The van der Waals surface area contributed by atoms with E-state index in [2.05, 4.69) is 20.9 Å². The van der Waals surface area contributed by atoms with Gasteiger partial charge in [-0.25, -0.2) is 14.7 Å². The topological polar surface area (TPSA) is 89.0 Å². The molecule has 2 aromatic carbocycles. The number of hydrogen-bond donors (Lipinski definition) is 0. The molecule has 1 aromatic heterocycles. The molecule has 34 heavy (non-hydrogen) atoms. The first-order valence-corrected chi connectivity index (χ1v) is 12.5. The van der Waals surface area contributed by atoms with E-state index in [1.54, 1.807) is 60.5 Å². The van der Waals surface area contributed by atoms with E-state index < -0.39 is 15.7 Å². The van der Waals surface area contributed by atoms with E-state index in [0.29, 0.717) is 11.4 Å². The number of amides is 2. The number of anilines is 2. The van der Waals surface area contributed by atoms with Gasteiger partial charge in [0.15, 0.2) is 0 Å². The van der Waals surface area contributed by atoms with Gasteiger partial charge in [-0.05, 0) is 63.2 Å². The Morgan fingerprint density at radius 3 is 2.26 bits per heavy atom. The molecule has 0 fully saturated rings. The van der Waals surface area contributed by atoms with Crippen molar-refractivity contribution < 1.29 is 22.1 Å². The van der Waals surface area contributed by atoms with E-state index in [0.717, 1.165) is 10.7 Å². The minimum absolute atomic E-state index is 0.139. The van der Waals surface area contributed by atoms with E-state index >= 15 is 0 Å². The molecule has 0 radical (unpaired) electrons. The summed E-state index contributed by atoms with van der Waals surface area (Å²) in [6, 6.07) is 15.9. The number of carbonyl (C=O) groups is 1. The summed E-state index contributed by atoms with van der Waals surface area (Å²) in [5.41, 5.74) is -0.0273. The molecule has 0 aliphatic carbocycles. The Kier molecular flexibility index (Phi) is 7.52. The first-order chi connectivity index (χ1) is 15.9. The van der Waals surface area contributed by atoms with Gasteiger partial charge in [0.1, 0.15) is 22.2 Å². The third kappa shape index (κ3) is 5.68. The van der Waals surface area contributed by atoms with E-state index in [9.17, 15) is 13.2 Å². The second kappa shape index (κ2) is 10.0. The number of aromatic nitrogens is 1. The lowest BCUT2D eigenvalue weighted by molar-refractivity contribution is 0.174. The fourth-order valence-electron chi connectivity index (χ4n) is 2.90. The maximum atomic E-state index is 13.6. The Bertz CT molecular complexity index is 1260. The van der Waals surface area contributed by atoms with Crippen molar-refractivity contribution in [3.8, 4) is 11.5 Å². The van der Waals surface area contributed by atoms with E-state index in [1.165, 1.54) is 24.1 Å². The van der Waals surface area contributed by atoms with Crippen LogP contribution >= 0.6 is 15.9 Å². The SMILES string of the molecule is COc1cc(Br)ccc1N(C(=O)N(C)C(C)(C)C)c1ccc(S(=O)(=O)Oc2ccccc2)cn1. The average molecular weight is 548 g/mol. The Labute approximate surface area is 208 Å². The lowest BCUT2D eigenvalue weighted by Crippen LogP contribution is -2.48. The summed E-state index contributed by atoms with van der Waals surface area (Å²) in [5, 5.41) is 0. The first-order valence-electron chi connectivity index (χ1n) is 10.3. The number of pyridine rings is 1. The van der Waals surface area contributed by atoms with Crippen LogP contribution in [0.25, 0.3) is 0 Å². The van der Waals surface area contributed by atoms with Crippen LogP contribution in [0.5, 0.6) is 11.5 Å². The smallest absolute Gasteiger partial charge is 0.340 e. The lowest BCUT2D eigenvalue weighted by Gasteiger charge is -2.36. The van der Waals surface area contributed by atoms with Crippen LogP contribution < -0.4 is 13.8 Å². The van der Waals surface area contributed by atoms with Gasteiger partial charge in [0.25, 0.3) is 0 Å². The summed E-state index contributed by atoms with van der Waals surface area (Å²) in [6.07, 6.45) is 1.16. The zero-order valence-corrected chi connectivity index (χ0v) is 21.9. The molecule has 0 atom stereocenters. The molecule has 3 aromatic rings. The summed E-state index contributed by atoms with van der Waals surface area (Å²) < 4.78 is 36.8.